The predicted octanol–water partition coefficient (Wildman–Crippen LogP) is 1.97. The van der Waals surface area contributed by atoms with E-state index in [2.05, 4.69) is 32.1 Å². The van der Waals surface area contributed by atoms with E-state index in [9.17, 15) is 0 Å². The van der Waals surface area contributed by atoms with Crippen molar-refractivity contribution in [2.24, 2.45) is 18.0 Å². The first-order chi connectivity index (χ1) is 13.2. The van der Waals surface area contributed by atoms with E-state index in [-0.39, 0.29) is 24.0 Å². The Morgan fingerprint density at radius 3 is 2.75 bits per heavy atom. The number of rotatable bonds is 12. The molecule has 1 aliphatic heterocycles. The zero-order valence-electron chi connectivity index (χ0n) is 17.3. The SMILES string of the molecule is CSCCCNC(=NCc1nnc(C)n1C)NCCCOCC1CCOC1.I. The molecule has 1 atom stereocenters. The monoisotopic (exact) mass is 526 g/mol. The Kier molecular flexibility index (Phi) is 13.9. The lowest BCUT2D eigenvalue weighted by Crippen LogP contribution is -2.39. The van der Waals surface area contributed by atoms with Gasteiger partial charge in [0.2, 0.25) is 0 Å². The maximum Gasteiger partial charge on any atom is 0.191 e. The molecule has 1 saturated heterocycles. The molecule has 162 valence electrons. The number of nitrogens with one attached hydrogen (secondary N) is 2. The molecule has 0 radical (unpaired) electrons. The number of halogens is 1. The third-order valence-electron chi connectivity index (χ3n) is 4.51. The minimum Gasteiger partial charge on any atom is -0.381 e. The lowest BCUT2D eigenvalue weighted by atomic mass is 10.1. The molecule has 0 amide bonds. The summed E-state index contributed by atoms with van der Waals surface area (Å²) in [5.74, 6) is 4.29. The molecule has 2 rings (SSSR count). The van der Waals surface area contributed by atoms with Crippen molar-refractivity contribution < 1.29 is 9.47 Å². The highest BCUT2D eigenvalue weighted by molar-refractivity contribution is 14.0. The van der Waals surface area contributed by atoms with Crippen LogP contribution in [0.25, 0.3) is 0 Å². The molecule has 1 unspecified atom stereocenters. The summed E-state index contributed by atoms with van der Waals surface area (Å²) in [6.45, 7) is 7.46. The minimum absolute atomic E-state index is 0. The molecular weight excluding hydrogens is 491 g/mol. The predicted molar refractivity (Wildman–Crippen MR) is 126 cm³/mol. The summed E-state index contributed by atoms with van der Waals surface area (Å²) < 4.78 is 13.1. The Hall–Kier alpha value is -0.590. The third-order valence-corrected chi connectivity index (χ3v) is 5.21. The van der Waals surface area contributed by atoms with Crippen LogP contribution in [0.5, 0.6) is 0 Å². The van der Waals surface area contributed by atoms with Gasteiger partial charge in [-0.25, -0.2) is 4.99 Å². The standard InChI is InChI=1S/C18H34N6O2S.HI/c1-15-22-23-17(24(15)2)12-21-18(20-8-5-11-27-3)19-7-4-9-25-13-16-6-10-26-14-16;/h16H,4-14H2,1-3H3,(H2,19,20,21);1H. The highest BCUT2D eigenvalue weighted by Crippen LogP contribution is 2.12. The van der Waals surface area contributed by atoms with E-state index in [0.717, 1.165) is 82.1 Å². The van der Waals surface area contributed by atoms with Crippen LogP contribution in [0, 0.1) is 12.8 Å². The van der Waals surface area contributed by atoms with Crippen LogP contribution < -0.4 is 10.6 Å². The number of aryl methyl sites for hydroxylation is 1. The summed E-state index contributed by atoms with van der Waals surface area (Å²) in [5, 5.41) is 15.0. The summed E-state index contributed by atoms with van der Waals surface area (Å²) >= 11 is 1.86. The summed E-state index contributed by atoms with van der Waals surface area (Å²) in [4.78, 5) is 4.65. The van der Waals surface area contributed by atoms with Crippen molar-refractivity contribution in [3.63, 3.8) is 0 Å². The van der Waals surface area contributed by atoms with Crippen LogP contribution in [0.4, 0.5) is 0 Å². The molecule has 1 aliphatic rings. The summed E-state index contributed by atoms with van der Waals surface area (Å²) in [6.07, 6.45) is 5.30. The maximum absolute atomic E-state index is 5.76. The topological polar surface area (TPSA) is 85.6 Å². The first-order valence-corrected chi connectivity index (χ1v) is 11.1. The fourth-order valence-electron chi connectivity index (χ4n) is 2.68. The first kappa shape index (κ1) is 25.4. The van der Waals surface area contributed by atoms with Gasteiger partial charge in [0.25, 0.3) is 0 Å². The first-order valence-electron chi connectivity index (χ1n) is 9.72. The summed E-state index contributed by atoms with van der Waals surface area (Å²) in [6, 6.07) is 0. The van der Waals surface area contributed by atoms with E-state index in [0.29, 0.717) is 12.5 Å². The van der Waals surface area contributed by atoms with E-state index in [1.54, 1.807) is 0 Å². The Morgan fingerprint density at radius 2 is 2.11 bits per heavy atom. The van der Waals surface area contributed by atoms with Gasteiger partial charge in [-0.1, -0.05) is 0 Å². The Morgan fingerprint density at radius 1 is 1.32 bits per heavy atom. The van der Waals surface area contributed by atoms with E-state index in [1.165, 1.54) is 0 Å². The van der Waals surface area contributed by atoms with Gasteiger partial charge in [-0.15, -0.1) is 34.2 Å². The molecule has 0 bridgehead atoms. The second-order valence-electron chi connectivity index (χ2n) is 6.75. The second-order valence-corrected chi connectivity index (χ2v) is 7.73. The van der Waals surface area contributed by atoms with Crippen molar-refractivity contribution in [2.45, 2.75) is 32.7 Å². The maximum atomic E-state index is 5.76. The largest absolute Gasteiger partial charge is 0.381 e. The quantitative estimate of drug-likeness (QED) is 0.187. The average Bonchev–Trinajstić information content (AvgIpc) is 3.30. The van der Waals surface area contributed by atoms with E-state index < -0.39 is 0 Å². The van der Waals surface area contributed by atoms with Crippen molar-refractivity contribution in [1.29, 1.82) is 0 Å². The van der Waals surface area contributed by atoms with Crippen LogP contribution in [0.3, 0.4) is 0 Å². The number of hydrogen-bond acceptors (Lipinski definition) is 6. The Labute approximate surface area is 190 Å². The van der Waals surface area contributed by atoms with Crippen molar-refractivity contribution >= 4 is 41.7 Å². The summed E-state index contributed by atoms with van der Waals surface area (Å²) in [5.41, 5.74) is 0. The summed E-state index contributed by atoms with van der Waals surface area (Å²) in [7, 11) is 1.96. The molecular formula is C18H35IN6O2S. The van der Waals surface area contributed by atoms with Crippen molar-refractivity contribution in [2.75, 3.05) is 51.5 Å². The zero-order chi connectivity index (χ0) is 19.3. The van der Waals surface area contributed by atoms with Crippen molar-refractivity contribution in [3.05, 3.63) is 11.6 Å². The van der Waals surface area contributed by atoms with Crippen LogP contribution in [-0.2, 0) is 23.1 Å². The van der Waals surface area contributed by atoms with E-state index in [4.69, 9.17) is 9.47 Å². The van der Waals surface area contributed by atoms with Crippen LogP contribution in [-0.4, -0.2) is 72.2 Å². The number of aromatic nitrogens is 3. The number of ether oxygens (including phenoxy) is 2. The normalized spacial score (nSPS) is 16.8. The van der Waals surface area contributed by atoms with Crippen LogP contribution in [0.2, 0.25) is 0 Å². The van der Waals surface area contributed by atoms with Crippen LogP contribution in [0.15, 0.2) is 4.99 Å². The van der Waals surface area contributed by atoms with Crippen molar-refractivity contribution in [3.8, 4) is 0 Å². The average molecular weight is 526 g/mol. The van der Waals surface area contributed by atoms with Crippen LogP contribution in [0.1, 0.15) is 30.9 Å². The van der Waals surface area contributed by atoms with Gasteiger partial charge in [0.05, 0.1) is 13.2 Å². The third kappa shape index (κ3) is 9.75. The molecule has 1 fully saturated rings. The molecule has 1 aromatic heterocycles. The van der Waals surface area contributed by atoms with Gasteiger partial charge in [0, 0.05) is 39.3 Å². The molecule has 0 saturated carbocycles. The molecule has 8 nitrogen and oxygen atoms in total. The van der Waals surface area contributed by atoms with Gasteiger partial charge in [-0.05, 0) is 38.2 Å². The molecule has 2 heterocycles. The fraction of sp³-hybridized carbons (Fsp3) is 0.833. The number of guanidine groups is 1. The van der Waals surface area contributed by atoms with E-state index in [1.807, 2.05) is 30.3 Å². The minimum atomic E-state index is 0. The van der Waals surface area contributed by atoms with Gasteiger partial charge in [-0.2, -0.15) is 11.8 Å². The molecule has 0 aliphatic carbocycles. The lowest BCUT2D eigenvalue weighted by Gasteiger charge is -2.13. The number of nitrogens with zero attached hydrogens (tertiary/aromatic N) is 4. The van der Waals surface area contributed by atoms with Crippen molar-refractivity contribution in [1.82, 2.24) is 25.4 Å². The van der Waals surface area contributed by atoms with Crippen LogP contribution >= 0.6 is 35.7 Å². The Bertz CT molecular complexity index is 566. The zero-order valence-corrected chi connectivity index (χ0v) is 20.4. The van der Waals surface area contributed by atoms with E-state index >= 15 is 0 Å². The number of hydrogen-bond donors (Lipinski definition) is 2. The lowest BCUT2D eigenvalue weighted by molar-refractivity contribution is 0.0888. The number of aliphatic imine (C=N–C) groups is 1. The smallest absolute Gasteiger partial charge is 0.191 e. The molecule has 2 N–H and O–H groups in total. The van der Waals surface area contributed by atoms with Gasteiger partial charge >= 0.3 is 0 Å². The highest BCUT2D eigenvalue weighted by Gasteiger charge is 2.15. The van der Waals surface area contributed by atoms with Gasteiger partial charge < -0.3 is 24.7 Å². The van der Waals surface area contributed by atoms with Gasteiger partial charge in [0.15, 0.2) is 11.8 Å². The molecule has 28 heavy (non-hydrogen) atoms. The highest BCUT2D eigenvalue weighted by atomic mass is 127. The number of thioether (sulfide) groups is 1. The second kappa shape index (κ2) is 15.3. The molecule has 10 heteroatoms. The van der Waals surface area contributed by atoms with Gasteiger partial charge in [-0.3, -0.25) is 0 Å². The van der Waals surface area contributed by atoms with Gasteiger partial charge in [0.1, 0.15) is 12.4 Å². The molecule has 0 aromatic carbocycles. The fourth-order valence-corrected chi connectivity index (χ4v) is 3.11. The molecule has 1 aromatic rings. The Balaban J connectivity index is 0.00000392. The molecule has 0 spiro atoms.